The van der Waals surface area contributed by atoms with Crippen LogP contribution in [-0.2, 0) is 0 Å². The van der Waals surface area contributed by atoms with Gasteiger partial charge in [-0.1, -0.05) is 50.9 Å². The molecular formula is C11H24Si. The molecule has 1 heteroatoms. The molecule has 0 fully saturated rings. The van der Waals surface area contributed by atoms with Crippen LogP contribution in [0.1, 0.15) is 33.6 Å². The Kier molecular flexibility index (Phi) is 5.56. The van der Waals surface area contributed by atoms with Crippen LogP contribution in [0.5, 0.6) is 0 Å². The van der Waals surface area contributed by atoms with E-state index < -0.39 is 8.07 Å². The molecule has 0 heterocycles. The lowest BCUT2D eigenvalue weighted by Gasteiger charge is -2.26. The average molecular weight is 184 g/mol. The third-order valence-electron chi connectivity index (χ3n) is 2.44. The third kappa shape index (κ3) is 4.76. The normalized spacial score (nSPS) is 11.7. The van der Waals surface area contributed by atoms with Gasteiger partial charge in [0.2, 0.25) is 0 Å². The summed E-state index contributed by atoms with van der Waals surface area (Å²) >= 11 is 0. The molecule has 0 rings (SSSR count). The summed E-state index contributed by atoms with van der Waals surface area (Å²) in [5.74, 6) is 0. The molecule has 0 saturated heterocycles. The molecule has 0 amide bonds. The van der Waals surface area contributed by atoms with Gasteiger partial charge in [0, 0.05) is 0 Å². The summed E-state index contributed by atoms with van der Waals surface area (Å²) in [5.41, 5.74) is 1.39. The Morgan fingerprint density at radius 1 is 1.17 bits per heavy atom. The molecule has 0 radical (unpaired) electrons. The molecule has 12 heavy (non-hydrogen) atoms. The Morgan fingerprint density at radius 2 is 1.58 bits per heavy atom. The first-order valence-corrected chi connectivity index (χ1v) is 8.30. The van der Waals surface area contributed by atoms with Gasteiger partial charge in [0.1, 0.15) is 0 Å². The largest absolute Gasteiger partial charge is 0.100 e. The van der Waals surface area contributed by atoms with Crippen molar-refractivity contribution >= 4 is 8.07 Å². The first-order valence-electron chi connectivity index (χ1n) is 5.18. The number of hydrogen-bond donors (Lipinski definition) is 0. The van der Waals surface area contributed by atoms with Gasteiger partial charge < -0.3 is 0 Å². The lowest BCUT2D eigenvalue weighted by atomic mass is 10.4. The van der Waals surface area contributed by atoms with Gasteiger partial charge >= 0.3 is 0 Å². The van der Waals surface area contributed by atoms with Crippen molar-refractivity contribution in [3.05, 3.63) is 12.2 Å². The van der Waals surface area contributed by atoms with Crippen molar-refractivity contribution in [1.29, 1.82) is 0 Å². The van der Waals surface area contributed by atoms with Crippen molar-refractivity contribution in [2.45, 2.75) is 58.3 Å². The number of rotatable bonds is 6. The molecule has 0 aromatic heterocycles. The summed E-state index contributed by atoms with van der Waals surface area (Å²) in [6, 6.07) is 4.30. The van der Waals surface area contributed by atoms with Crippen LogP contribution in [0.15, 0.2) is 12.2 Å². The molecule has 0 spiro atoms. The molecule has 0 saturated carbocycles. The molecular weight excluding hydrogens is 160 g/mol. The summed E-state index contributed by atoms with van der Waals surface area (Å²) in [6.45, 7) is 13.4. The van der Waals surface area contributed by atoms with E-state index in [1.165, 1.54) is 36.5 Å². The summed E-state index contributed by atoms with van der Waals surface area (Å²) in [7, 11) is -0.912. The van der Waals surface area contributed by atoms with Crippen molar-refractivity contribution in [3.63, 3.8) is 0 Å². The highest BCUT2D eigenvalue weighted by Gasteiger charge is 2.24. The van der Waals surface area contributed by atoms with E-state index in [4.69, 9.17) is 0 Å². The van der Waals surface area contributed by atoms with Gasteiger partial charge in [-0.05, 0) is 13.0 Å². The maximum absolute atomic E-state index is 4.04. The smallest absolute Gasteiger partial charge is 0.0544 e. The fourth-order valence-electron chi connectivity index (χ4n) is 2.24. The molecule has 0 unspecified atom stereocenters. The zero-order chi connectivity index (χ0) is 9.61. The second-order valence-corrected chi connectivity index (χ2v) is 9.42. The van der Waals surface area contributed by atoms with Crippen LogP contribution < -0.4 is 0 Å². The molecule has 0 aliphatic carbocycles. The first-order chi connectivity index (χ1) is 5.54. The zero-order valence-electron chi connectivity index (χ0n) is 9.24. The Morgan fingerprint density at radius 3 is 1.83 bits per heavy atom. The lowest BCUT2D eigenvalue weighted by Crippen LogP contribution is -2.29. The molecule has 72 valence electrons. The number of allylic oxidation sites excluding steroid dienone is 1. The Labute approximate surface area is 79.1 Å². The summed E-state index contributed by atoms with van der Waals surface area (Å²) in [6.07, 6.45) is 2.71. The van der Waals surface area contributed by atoms with E-state index in [-0.39, 0.29) is 0 Å². The summed E-state index contributed by atoms with van der Waals surface area (Å²) in [4.78, 5) is 0. The van der Waals surface area contributed by atoms with Crippen LogP contribution in [0.2, 0.25) is 24.7 Å². The third-order valence-corrected chi connectivity index (χ3v) is 7.31. The van der Waals surface area contributed by atoms with Gasteiger partial charge in [-0.2, -0.15) is 0 Å². The van der Waals surface area contributed by atoms with Crippen molar-refractivity contribution in [3.8, 4) is 0 Å². The molecule has 0 aromatic rings. The lowest BCUT2D eigenvalue weighted by molar-refractivity contribution is 0.967. The van der Waals surface area contributed by atoms with Crippen LogP contribution in [0, 0.1) is 0 Å². The van der Waals surface area contributed by atoms with E-state index in [2.05, 4.69) is 33.9 Å². The topological polar surface area (TPSA) is 0 Å². The molecule has 0 nitrogen and oxygen atoms in total. The van der Waals surface area contributed by atoms with E-state index in [1.807, 2.05) is 0 Å². The molecule has 0 bridgehead atoms. The van der Waals surface area contributed by atoms with E-state index in [0.717, 1.165) is 0 Å². The SMILES string of the molecule is C=C(C)C[Si](C)(CCC)CCC. The zero-order valence-corrected chi connectivity index (χ0v) is 10.2. The predicted molar refractivity (Wildman–Crippen MR) is 61.4 cm³/mol. The standard InChI is InChI=1S/C11H24Si/c1-6-8-12(5,9-7-2)10-11(3)4/h3,6-10H2,1-2,4-5H3. The fourth-order valence-corrected chi connectivity index (χ4v) is 6.71. The van der Waals surface area contributed by atoms with Crippen molar-refractivity contribution in [1.82, 2.24) is 0 Å². The van der Waals surface area contributed by atoms with Crippen molar-refractivity contribution < 1.29 is 0 Å². The molecule has 0 aliphatic rings. The van der Waals surface area contributed by atoms with Gasteiger partial charge in [0.05, 0.1) is 8.07 Å². The molecule has 0 atom stereocenters. The average Bonchev–Trinajstić information content (AvgIpc) is 1.85. The number of hydrogen-bond acceptors (Lipinski definition) is 0. The predicted octanol–water partition coefficient (Wildman–Crippen LogP) is 4.46. The summed E-state index contributed by atoms with van der Waals surface area (Å²) < 4.78 is 0. The van der Waals surface area contributed by atoms with Gasteiger partial charge in [0.25, 0.3) is 0 Å². The molecule has 0 aliphatic heterocycles. The summed E-state index contributed by atoms with van der Waals surface area (Å²) in [5, 5.41) is 0. The minimum absolute atomic E-state index is 0.912. The van der Waals surface area contributed by atoms with Crippen LogP contribution in [0.25, 0.3) is 0 Å². The molecule has 0 N–H and O–H groups in total. The highest BCUT2D eigenvalue weighted by molar-refractivity contribution is 6.79. The quantitative estimate of drug-likeness (QED) is 0.422. The van der Waals surface area contributed by atoms with E-state index >= 15 is 0 Å². The van der Waals surface area contributed by atoms with Gasteiger partial charge in [-0.3, -0.25) is 0 Å². The minimum Gasteiger partial charge on any atom is -0.100 e. The van der Waals surface area contributed by atoms with Crippen LogP contribution in [-0.4, -0.2) is 8.07 Å². The Hall–Kier alpha value is -0.0431. The van der Waals surface area contributed by atoms with Gasteiger partial charge in [-0.15, -0.1) is 6.58 Å². The van der Waals surface area contributed by atoms with Gasteiger partial charge in [0.15, 0.2) is 0 Å². The minimum atomic E-state index is -0.912. The van der Waals surface area contributed by atoms with Gasteiger partial charge in [-0.25, -0.2) is 0 Å². The molecule has 0 aromatic carbocycles. The van der Waals surface area contributed by atoms with Crippen LogP contribution in [0.3, 0.4) is 0 Å². The monoisotopic (exact) mass is 184 g/mol. The maximum atomic E-state index is 4.04. The van der Waals surface area contributed by atoms with E-state index in [0.29, 0.717) is 0 Å². The van der Waals surface area contributed by atoms with Crippen LogP contribution in [0.4, 0.5) is 0 Å². The highest BCUT2D eigenvalue weighted by atomic mass is 28.3. The fraction of sp³-hybridized carbons (Fsp3) is 0.818. The Bertz CT molecular complexity index is 132. The van der Waals surface area contributed by atoms with Crippen molar-refractivity contribution in [2.75, 3.05) is 0 Å². The second kappa shape index (κ2) is 5.58. The second-order valence-electron chi connectivity index (χ2n) is 4.44. The van der Waals surface area contributed by atoms with Crippen LogP contribution >= 0.6 is 0 Å². The first kappa shape index (κ1) is 12.0. The highest BCUT2D eigenvalue weighted by Crippen LogP contribution is 2.26. The van der Waals surface area contributed by atoms with E-state index in [9.17, 15) is 0 Å². The Balaban J connectivity index is 4.07. The van der Waals surface area contributed by atoms with Crippen molar-refractivity contribution in [2.24, 2.45) is 0 Å². The van der Waals surface area contributed by atoms with E-state index in [1.54, 1.807) is 0 Å². The maximum Gasteiger partial charge on any atom is 0.0544 e.